The molecule has 0 aromatic heterocycles. The van der Waals surface area contributed by atoms with Gasteiger partial charge in [0, 0.05) is 26.2 Å². The van der Waals surface area contributed by atoms with E-state index in [1.54, 1.807) is 12.1 Å². The number of carbonyl (C=O) groups is 1. The summed E-state index contributed by atoms with van der Waals surface area (Å²) in [5.41, 5.74) is 0.374. The Morgan fingerprint density at radius 1 is 1.35 bits per heavy atom. The lowest BCUT2D eigenvalue weighted by Gasteiger charge is -2.13. The van der Waals surface area contributed by atoms with Gasteiger partial charge in [0.1, 0.15) is 0 Å². The molecule has 1 N–H and O–H groups in total. The molecular weight excluding hydrogens is 340 g/mol. The summed E-state index contributed by atoms with van der Waals surface area (Å²) < 4.78 is 48.0. The molecule has 128 valence electrons. The van der Waals surface area contributed by atoms with Gasteiger partial charge in [0.05, 0.1) is 16.4 Å². The number of carbonyl (C=O) groups excluding carboxylic acids is 1. The lowest BCUT2D eigenvalue weighted by Crippen LogP contribution is -2.22. The number of sulfonamides is 1. The second-order valence-corrected chi connectivity index (χ2v) is 10.2. The van der Waals surface area contributed by atoms with E-state index in [2.05, 4.69) is 5.32 Å². The highest BCUT2D eigenvalue weighted by molar-refractivity contribution is 7.91. The molecule has 0 aliphatic carbocycles. The molecule has 1 fully saturated rings. The minimum absolute atomic E-state index is 0.0372. The van der Waals surface area contributed by atoms with Gasteiger partial charge < -0.3 is 5.32 Å². The molecular formula is C14H20N2O5S2. The normalized spacial score (nSPS) is 20.6. The van der Waals surface area contributed by atoms with E-state index in [9.17, 15) is 21.6 Å². The molecule has 1 aromatic rings. The first kappa shape index (κ1) is 17.9. The fraction of sp³-hybridized carbons (Fsp3) is 0.500. The van der Waals surface area contributed by atoms with E-state index in [0.29, 0.717) is 12.1 Å². The first-order chi connectivity index (χ1) is 10.6. The molecule has 1 amide bonds. The summed E-state index contributed by atoms with van der Waals surface area (Å²) in [6.45, 7) is 0. The quantitative estimate of drug-likeness (QED) is 0.833. The zero-order valence-electron chi connectivity index (χ0n) is 13.0. The molecule has 0 radical (unpaired) electrons. The second-order valence-electron chi connectivity index (χ2n) is 5.84. The predicted molar refractivity (Wildman–Crippen MR) is 87.3 cm³/mol. The predicted octanol–water partition coefficient (Wildman–Crippen LogP) is 0.700. The monoisotopic (exact) mass is 360 g/mol. The average Bonchev–Trinajstić information content (AvgIpc) is 2.77. The fourth-order valence-corrected chi connectivity index (χ4v) is 5.26. The number of nitrogens with zero attached hydrogens (tertiary/aromatic N) is 1. The van der Waals surface area contributed by atoms with Crippen LogP contribution in [0, 0.1) is 5.92 Å². The van der Waals surface area contributed by atoms with Gasteiger partial charge in [-0.1, -0.05) is 6.07 Å². The minimum Gasteiger partial charge on any atom is -0.326 e. The van der Waals surface area contributed by atoms with E-state index in [4.69, 9.17) is 0 Å². The van der Waals surface area contributed by atoms with Crippen LogP contribution in [0.15, 0.2) is 29.2 Å². The number of sulfone groups is 1. The second kappa shape index (κ2) is 6.58. The molecule has 0 spiro atoms. The topological polar surface area (TPSA) is 101 Å². The van der Waals surface area contributed by atoms with Crippen LogP contribution in [-0.2, 0) is 24.7 Å². The molecule has 0 unspecified atom stereocenters. The number of hydrogen-bond donors (Lipinski definition) is 1. The van der Waals surface area contributed by atoms with Gasteiger partial charge in [0.25, 0.3) is 0 Å². The van der Waals surface area contributed by atoms with Crippen molar-refractivity contribution in [2.24, 2.45) is 5.92 Å². The maximum atomic E-state index is 12.1. The summed E-state index contributed by atoms with van der Waals surface area (Å²) in [7, 11) is -3.72. The first-order valence-electron chi connectivity index (χ1n) is 7.13. The van der Waals surface area contributed by atoms with Gasteiger partial charge in [-0.05, 0) is 30.5 Å². The van der Waals surface area contributed by atoms with Crippen LogP contribution in [0.2, 0.25) is 0 Å². The molecule has 0 saturated carbocycles. The highest BCUT2D eigenvalue weighted by Gasteiger charge is 2.29. The molecule has 0 bridgehead atoms. The van der Waals surface area contributed by atoms with Crippen LogP contribution < -0.4 is 5.32 Å². The zero-order valence-corrected chi connectivity index (χ0v) is 14.7. The third-order valence-electron chi connectivity index (χ3n) is 3.70. The summed E-state index contributed by atoms with van der Waals surface area (Å²) in [6, 6.07) is 5.98. The Kier molecular flexibility index (Phi) is 5.12. The van der Waals surface area contributed by atoms with Crippen molar-refractivity contribution in [3.63, 3.8) is 0 Å². The van der Waals surface area contributed by atoms with Crippen molar-refractivity contribution in [2.45, 2.75) is 17.7 Å². The van der Waals surface area contributed by atoms with E-state index in [1.165, 1.54) is 26.2 Å². The Morgan fingerprint density at radius 3 is 2.61 bits per heavy atom. The first-order valence-corrected chi connectivity index (χ1v) is 10.4. The van der Waals surface area contributed by atoms with Crippen molar-refractivity contribution in [1.29, 1.82) is 0 Å². The smallest absolute Gasteiger partial charge is 0.242 e. The summed E-state index contributed by atoms with van der Waals surface area (Å²) in [6.07, 6.45) is 0.606. The lowest BCUT2D eigenvalue weighted by molar-refractivity contribution is -0.116. The van der Waals surface area contributed by atoms with Crippen LogP contribution in [0.25, 0.3) is 0 Å². The SMILES string of the molecule is CN(C)S(=O)(=O)c1cccc(NC(=O)C[C@H]2CCS(=O)(=O)C2)c1. The molecule has 9 heteroatoms. The summed E-state index contributed by atoms with van der Waals surface area (Å²) in [4.78, 5) is 12.1. The third-order valence-corrected chi connectivity index (χ3v) is 7.35. The van der Waals surface area contributed by atoms with E-state index in [0.717, 1.165) is 4.31 Å². The Balaban J connectivity index is 2.05. The molecule has 2 rings (SSSR count). The van der Waals surface area contributed by atoms with Gasteiger partial charge in [-0.2, -0.15) is 0 Å². The molecule has 1 heterocycles. The van der Waals surface area contributed by atoms with E-state index in [1.807, 2.05) is 0 Å². The average molecular weight is 360 g/mol. The van der Waals surface area contributed by atoms with Gasteiger partial charge in [-0.25, -0.2) is 21.1 Å². The van der Waals surface area contributed by atoms with E-state index in [-0.39, 0.29) is 34.6 Å². The standard InChI is InChI=1S/C14H20N2O5S2/c1-16(2)23(20,21)13-5-3-4-12(9-13)15-14(17)8-11-6-7-22(18,19)10-11/h3-5,9,11H,6-8,10H2,1-2H3,(H,15,17)/t11-/m1/s1. The minimum atomic E-state index is -3.57. The van der Waals surface area contributed by atoms with Crippen LogP contribution >= 0.6 is 0 Å². The largest absolute Gasteiger partial charge is 0.326 e. The lowest BCUT2D eigenvalue weighted by atomic mass is 10.1. The van der Waals surface area contributed by atoms with Crippen molar-refractivity contribution >= 4 is 31.5 Å². The number of benzene rings is 1. The van der Waals surface area contributed by atoms with Crippen LogP contribution in [0.4, 0.5) is 5.69 Å². The highest BCUT2D eigenvalue weighted by Crippen LogP contribution is 2.23. The Bertz CT molecular complexity index is 800. The van der Waals surface area contributed by atoms with Gasteiger partial charge in [-0.3, -0.25) is 4.79 Å². The summed E-state index contributed by atoms with van der Waals surface area (Å²) >= 11 is 0. The Morgan fingerprint density at radius 2 is 2.04 bits per heavy atom. The number of rotatable bonds is 5. The molecule has 1 aliphatic rings. The molecule has 1 aliphatic heterocycles. The highest BCUT2D eigenvalue weighted by atomic mass is 32.2. The van der Waals surface area contributed by atoms with Crippen LogP contribution in [-0.4, -0.2) is 52.6 Å². The maximum absolute atomic E-state index is 12.1. The number of nitrogens with one attached hydrogen (secondary N) is 1. The molecule has 23 heavy (non-hydrogen) atoms. The van der Waals surface area contributed by atoms with Crippen molar-refractivity contribution < 1.29 is 21.6 Å². The molecule has 7 nitrogen and oxygen atoms in total. The van der Waals surface area contributed by atoms with Crippen LogP contribution in [0.5, 0.6) is 0 Å². The van der Waals surface area contributed by atoms with Gasteiger partial charge >= 0.3 is 0 Å². The van der Waals surface area contributed by atoms with Gasteiger partial charge in [0.2, 0.25) is 15.9 Å². The summed E-state index contributed by atoms with van der Waals surface area (Å²) in [5, 5.41) is 2.63. The number of amides is 1. The Labute approximate surface area is 136 Å². The third kappa shape index (κ3) is 4.52. The van der Waals surface area contributed by atoms with Crippen molar-refractivity contribution in [3.8, 4) is 0 Å². The van der Waals surface area contributed by atoms with E-state index < -0.39 is 19.9 Å². The van der Waals surface area contributed by atoms with Gasteiger partial charge in [-0.15, -0.1) is 0 Å². The van der Waals surface area contributed by atoms with Crippen molar-refractivity contribution in [3.05, 3.63) is 24.3 Å². The maximum Gasteiger partial charge on any atom is 0.242 e. The van der Waals surface area contributed by atoms with Gasteiger partial charge in [0.15, 0.2) is 9.84 Å². The Hall–Kier alpha value is -1.45. The zero-order chi connectivity index (χ0) is 17.3. The number of anilines is 1. The van der Waals surface area contributed by atoms with Crippen molar-refractivity contribution in [2.75, 3.05) is 30.9 Å². The fourth-order valence-electron chi connectivity index (χ4n) is 2.45. The molecule has 1 atom stereocenters. The van der Waals surface area contributed by atoms with Crippen LogP contribution in [0.1, 0.15) is 12.8 Å². The summed E-state index contributed by atoms with van der Waals surface area (Å²) in [5.74, 6) is -0.322. The number of hydrogen-bond acceptors (Lipinski definition) is 5. The van der Waals surface area contributed by atoms with Crippen LogP contribution in [0.3, 0.4) is 0 Å². The molecule has 1 saturated heterocycles. The van der Waals surface area contributed by atoms with E-state index >= 15 is 0 Å². The molecule has 1 aromatic carbocycles. The van der Waals surface area contributed by atoms with Crippen molar-refractivity contribution in [1.82, 2.24) is 4.31 Å².